The van der Waals surface area contributed by atoms with E-state index in [1.807, 2.05) is 0 Å². The molecule has 0 aliphatic rings. The maximum Gasteiger partial charge on any atom is 0.337 e. The van der Waals surface area contributed by atoms with Crippen LogP contribution in [0.5, 0.6) is 0 Å². The standard InChI is InChI=1S/C15H10FN3O3/c16-9-4-5-10(15(21)22)11(7-9)18-14(20)12-8-19-6-2-1-3-13(19)17-12/h1-8H,(H,18,20)(H,21,22). The van der Waals surface area contributed by atoms with E-state index < -0.39 is 17.7 Å². The molecule has 2 heterocycles. The van der Waals surface area contributed by atoms with Crippen LogP contribution in [0.2, 0.25) is 0 Å². The van der Waals surface area contributed by atoms with Gasteiger partial charge in [0.25, 0.3) is 5.91 Å². The number of carboxylic acid groups (broad SMARTS) is 1. The van der Waals surface area contributed by atoms with Crippen molar-refractivity contribution in [3.8, 4) is 0 Å². The average Bonchev–Trinajstić information content (AvgIpc) is 2.91. The summed E-state index contributed by atoms with van der Waals surface area (Å²) in [5.74, 6) is -2.52. The molecule has 7 heteroatoms. The molecular weight excluding hydrogens is 289 g/mol. The molecule has 0 bridgehead atoms. The molecular formula is C15H10FN3O3. The number of aromatic carboxylic acids is 1. The molecule has 0 aliphatic carbocycles. The number of carboxylic acids is 1. The SMILES string of the molecule is O=C(Nc1cc(F)ccc1C(=O)O)c1cn2ccccc2n1. The Hall–Kier alpha value is -3.22. The van der Waals surface area contributed by atoms with Crippen LogP contribution >= 0.6 is 0 Å². The average molecular weight is 299 g/mol. The summed E-state index contributed by atoms with van der Waals surface area (Å²) >= 11 is 0. The molecule has 1 amide bonds. The molecule has 6 nitrogen and oxygen atoms in total. The van der Waals surface area contributed by atoms with Crippen LogP contribution in [-0.4, -0.2) is 26.4 Å². The van der Waals surface area contributed by atoms with Gasteiger partial charge in [-0.05, 0) is 30.3 Å². The second-order valence-electron chi connectivity index (χ2n) is 4.54. The van der Waals surface area contributed by atoms with Gasteiger partial charge in [0.1, 0.15) is 17.2 Å². The second kappa shape index (κ2) is 5.28. The lowest BCUT2D eigenvalue weighted by atomic mass is 10.1. The van der Waals surface area contributed by atoms with Gasteiger partial charge in [0.05, 0.1) is 11.3 Å². The molecule has 110 valence electrons. The monoisotopic (exact) mass is 299 g/mol. The Morgan fingerprint density at radius 1 is 1.23 bits per heavy atom. The Labute approximate surface area is 123 Å². The summed E-state index contributed by atoms with van der Waals surface area (Å²) in [6, 6.07) is 8.35. The Morgan fingerprint density at radius 3 is 2.77 bits per heavy atom. The van der Waals surface area contributed by atoms with Crippen molar-refractivity contribution >= 4 is 23.2 Å². The number of fused-ring (bicyclic) bond motifs is 1. The highest BCUT2D eigenvalue weighted by molar-refractivity contribution is 6.07. The van der Waals surface area contributed by atoms with Crippen LogP contribution in [0.25, 0.3) is 5.65 Å². The van der Waals surface area contributed by atoms with Gasteiger partial charge in [0.15, 0.2) is 0 Å². The molecule has 0 atom stereocenters. The number of hydrogen-bond acceptors (Lipinski definition) is 3. The van der Waals surface area contributed by atoms with Crippen LogP contribution in [0.15, 0.2) is 48.8 Å². The first-order chi connectivity index (χ1) is 10.5. The predicted octanol–water partition coefficient (Wildman–Crippen LogP) is 2.42. The number of nitrogens with zero attached hydrogens (tertiary/aromatic N) is 2. The number of benzene rings is 1. The van der Waals surface area contributed by atoms with Crippen molar-refractivity contribution in [3.05, 3.63) is 65.9 Å². The molecule has 0 radical (unpaired) electrons. The lowest BCUT2D eigenvalue weighted by molar-refractivity contribution is 0.0698. The van der Waals surface area contributed by atoms with Gasteiger partial charge in [-0.15, -0.1) is 0 Å². The van der Waals surface area contributed by atoms with E-state index in [0.29, 0.717) is 5.65 Å². The number of anilines is 1. The zero-order valence-electron chi connectivity index (χ0n) is 11.2. The van der Waals surface area contributed by atoms with E-state index in [9.17, 15) is 14.0 Å². The normalized spacial score (nSPS) is 10.6. The third-order valence-corrected chi connectivity index (χ3v) is 3.06. The van der Waals surface area contributed by atoms with Gasteiger partial charge >= 0.3 is 5.97 Å². The van der Waals surface area contributed by atoms with Gasteiger partial charge in [0.2, 0.25) is 0 Å². The number of nitrogens with one attached hydrogen (secondary N) is 1. The number of rotatable bonds is 3. The Balaban J connectivity index is 1.94. The summed E-state index contributed by atoms with van der Waals surface area (Å²) < 4.78 is 14.9. The van der Waals surface area contributed by atoms with Crippen molar-refractivity contribution in [1.82, 2.24) is 9.38 Å². The highest BCUT2D eigenvalue weighted by Crippen LogP contribution is 2.18. The maximum absolute atomic E-state index is 13.3. The molecule has 3 aromatic rings. The predicted molar refractivity (Wildman–Crippen MR) is 76.5 cm³/mol. The third-order valence-electron chi connectivity index (χ3n) is 3.06. The minimum Gasteiger partial charge on any atom is -0.478 e. The Morgan fingerprint density at radius 2 is 2.05 bits per heavy atom. The Kier molecular flexibility index (Phi) is 3.30. The molecule has 0 aliphatic heterocycles. The van der Waals surface area contributed by atoms with Crippen molar-refractivity contribution in [1.29, 1.82) is 0 Å². The summed E-state index contributed by atoms with van der Waals surface area (Å²) in [7, 11) is 0. The van der Waals surface area contributed by atoms with Gasteiger partial charge in [-0.1, -0.05) is 6.07 Å². The number of pyridine rings is 1. The van der Waals surface area contributed by atoms with Crippen LogP contribution in [0.3, 0.4) is 0 Å². The minimum absolute atomic E-state index is 0.104. The lowest BCUT2D eigenvalue weighted by Crippen LogP contribution is -2.15. The van der Waals surface area contributed by atoms with Crippen LogP contribution in [0.1, 0.15) is 20.8 Å². The number of hydrogen-bond donors (Lipinski definition) is 2. The van der Waals surface area contributed by atoms with Gasteiger partial charge < -0.3 is 14.8 Å². The molecule has 1 aromatic carbocycles. The number of carbonyl (C=O) groups is 2. The van der Waals surface area contributed by atoms with E-state index in [1.54, 1.807) is 28.8 Å². The number of imidazole rings is 1. The van der Waals surface area contributed by atoms with Crippen LogP contribution in [-0.2, 0) is 0 Å². The van der Waals surface area contributed by atoms with E-state index in [1.165, 1.54) is 6.20 Å². The highest BCUT2D eigenvalue weighted by Gasteiger charge is 2.16. The van der Waals surface area contributed by atoms with E-state index >= 15 is 0 Å². The Bertz CT molecular complexity index is 856. The molecule has 2 aromatic heterocycles. The summed E-state index contributed by atoms with van der Waals surface area (Å²) in [6.45, 7) is 0. The van der Waals surface area contributed by atoms with Crippen molar-refractivity contribution in [2.45, 2.75) is 0 Å². The maximum atomic E-state index is 13.3. The van der Waals surface area contributed by atoms with E-state index in [-0.39, 0.29) is 16.9 Å². The highest BCUT2D eigenvalue weighted by atomic mass is 19.1. The molecule has 0 spiro atoms. The molecule has 0 saturated carbocycles. The zero-order valence-corrected chi connectivity index (χ0v) is 11.2. The van der Waals surface area contributed by atoms with E-state index in [4.69, 9.17) is 5.11 Å². The molecule has 0 unspecified atom stereocenters. The third kappa shape index (κ3) is 2.51. The van der Waals surface area contributed by atoms with Crippen LogP contribution in [0, 0.1) is 5.82 Å². The second-order valence-corrected chi connectivity index (χ2v) is 4.54. The number of aromatic nitrogens is 2. The molecule has 0 fully saturated rings. The summed E-state index contributed by atoms with van der Waals surface area (Å²) in [5, 5.41) is 11.4. The van der Waals surface area contributed by atoms with Gasteiger partial charge in [-0.2, -0.15) is 0 Å². The fourth-order valence-corrected chi connectivity index (χ4v) is 2.04. The first-order valence-corrected chi connectivity index (χ1v) is 6.32. The quantitative estimate of drug-likeness (QED) is 0.778. The van der Waals surface area contributed by atoms with Gasteiger partial charge in [0, 0.05) is 12.4 Å². The number of carbonyl (C=O) groups excluding carboxylic acids is 1. The number of halogens is 1. The summed E-state index contributed by atoms with van der Waals surface area (Å²) in [5.41, 5.74) is 0.366. The van der Waals surface area contributed by atoms with Crippen molar-refractivity contribution in [2.75, 3.05) is 5.32 Å². The molecule has 0 saturated heterocycles. The topological polar surface area (TPSA) is 83.7 Å². The minimum atomic E-state index is -1.26. The smallest absolute Gasteiger partial charge is 0.337 e. The summed E-state index contributed by atoms with van der Waals surface area (Å²) in [6.07, 6.45) is 3.23. The van der Waals surface area contributed by atoms with Gasteiger partial charge in [-0.3, -0.25) is 4.79 Å². The fraction of sp³-hybridized carbons (Fsp3) is 0. The van der Waals surface area contributed by atoms with Crippen molar-refractivity contribution in [3.63, 3.8) is 0 Å². The molecule has 2 N–H and O–H groups in total. The first kappa shape index (κ1) is 13.7. The molecule has 3 rings (SSSR count). The zero-order chi connectivity index (χ0) is 15.7. The van der Waals surface area contributed by atoms with Crippen molar-refractivity contribution in [2.24, 2.45) is 0 Å². The fourth-order valence-electron chi connectivity index (χ4n) is 2.04. The molecule has 22 heavy (non-hydrogen) atoms. The van der Waals surface area contributed by atoms with Gasteiger partial charge in [-0.25, -0.2) is 14.2 Å². The van der Waals surface area contributed by atoms with Crippen LogP contribution in [0.4, 0.5) is 10.1 Å². The number of amides is 1. The largest absolute Gasteiger partial charge is 0.478 e. The first-order valence-electron chi connectivity index (χ1n) is 6.32. The van der Waals surface area contributed by atoms with E-state index in [2.05, 4.69) is 10.3 Å². The van der Waals surface area contributed by atoms with E-state index in [0.717, 1.165) is 18.2 Å². The van der Waals surface area contributed by atoms with Crippen LogP contribution < -0.4 is 5.32 Å². The lowest BCUT2D eigenvalue weighted by Gasteiger charge is -2.07. The summed E-state index contributed by atoms with van der Waals surface area (Å²) in [4.78, 5) is 27.4. The van der Waals surface area contributed by atoms with Crippen molar-refractivity contribution < 1.29 is 19.1 Å².